The second-order valence-corrected chi connectivity index (χ2v) is 6.02. The smallest absolute Gasteiger partial charge is 0.344 e. The number of carbonyl (C=O) groups is 1. The van der Waals surface area contributed by atoms with Crippen LogP contribution in [0, 0.1) is 0 Å². The van der Waals surface area contributed by atoms with Crippen molar-refractivity contribution in [2.24, 2.45) is 4.99 Å². The molecular formula is C19H15NO3S. The highest BCUT2D eigenvalue weighted by molar-refractivity contribution is 8.18. The standard InChI is InChI=1S/C19H15NO3S/c1-23-19(22)16-17(21)15(12-13-8-4-2-5-9-13)24-18(16)20-14-10-6-3-7-11-14/h2-12,21H,1H3/b15-12-,20-18?. The summed E-state index contributed by atoms with van der Waals surface area (Å²) in [6.07, 6.45) is 1.82. The molecule has 0 saturated heterocycles. The average Bonchev–Trinajstić information content (AvgIpc) is 2.91. The third kappa shape index (κ3) is 3.41. The van der Waals surface area contributed by atoms with Crippen molar-refractivity contribution in [2.75, 3.05) is 7.11 Å². The van der Waals surface area contributed by atoms with Crippen LogP contribution in [0.4, 0.5) is 5.69 Å². The van der Waals surface area contributed by atoms with Crippen LogP contribution >= 0.6 is 11.8 Å². The number of aliphatic imine (C=N–C) groups is 1. The van der Waals surface area contributed by atoms with Crippen LogP contribution in [0.25, 0.3) is 6.08 Å². The van der Waals surface area contributed by atoms with Crippen molar-refractivity contribution in [3.63, 3.8) is 0 Å². The molecule has 0 amide bonds. The van der Waals surface area contributed by atoms with Crippen molar-refractivity contribution < 1.29 is 14.6 Å². The van der Waals surface area contributed by atoms with E-state index in [2.05, 4.69) is 4.99 Å². The second-order valence-electron chi connectivity index (χ2n) is 4.99. The molecule has 1 heterocycles. The fourth-order valence-electron chi connectivity index (χ4n) is 2.21. The van der Waals surface area contributed by atoms with Crippen LogP contribution in [-0.2, 0) is 9.53 Å². The first-order valence-electron chi connectivity index (χ1n) is 7.29. The van der Waals surface area contributed by atoms with Crippen LogP contribution in [0.3, 0.4) is 0 Å². The number of thioether (sulfide) groups is 1. The molecule has 0 aromatic heterocycles. The number of nitrogens with zero attached hydrogens (tertiary/aromatic N) is 1. The first-order valence-corrected chi connectivity index (χ1v) is 8.11. The Morgan fingerprint density at radius 3 is 2.33 bits per heavy atom. The normalized spacial score (nSPS) is 17.5. The first kappa shape index (κ1) is 16.1. The number of aliphatic hydroxyl groups excluding tert-OH is 1. The van der Waals surface area contributed by atoms with Gasteiger partial charge >= 0.3 is 5.97 Å². The Kier molecular flexibility index (Phi) is 4.82. The zero-order valence-electron chi connectivity index (χ0n) is 13.0. The van der Waals surface area contributed by atoms with E-state index in [0.717, 1.165) is 5.56 Å². The largest absolute Gasteiger partial charge is 0.506 e. The van der Waals surface area contributed by atoms with E-state index in [9.17, 15) is 9.90 Å². The maximum Gasteiger partial charge on any atom is 0.344 e. The monoisotopic (exact) mass is 337 g/mol. The molecule has 0 atom stereocenters. The van der Waals surface area contributed by atoms with Gasteiger partial charge in [-0.15, -0.1) is 0 Å². The number of benzene rings is 2. The molecule has 120 valence electrons. The van der Waals surface area contributed by atoms with Gasteiger partial charge in [-0.05, 0) is 23.8 Å². The third-order valence-electron chi connectivity index (χ3n) is 3.36. The SMILES string of the molecule is COC(=O)C1=C(O)/C(=C/c2ccccc2)SC1=Nc1ccccc1. The molecule has 0 bridgehead atoms. The second kappa shape index (κ2) is 7.19. The number of methoxy groups -OCH3 is 1. The molecule has 1 aliphatic heterocycles. The molecule has 0 saturated carbocycles. The number of hydrogen-bond donors (Lipinski definition) is 1. The predicted molar refractivity (Wildman–Crippen MR) is 97.2 cm³/mol. The van der Waals surface area contributed by atoms with Crippen molar-refractivity contribution in [3.8, 4) is 0 Å². The van der Waals surface area contributed by atoms with Gasteiger partial charge in [0.2, 0.25) is 0 Å². The summed E-state index contributed by atoms with van der Waals surface area (Å²) in [5.41, 5.74) is 1.72. The Balaban J connectivity index is 2.04. The summed E-state index contributed by atoms with van der Waals surface area (Å²) in [5, 5.41) is 10.9. The summed E-state index contributed by atoms with van der Waals surface area (Å²) in [6.45, 7) is 0. The quantitative estimate of drug-likeness (QED) is 0.838. The highest BCUT2D eigenvalue weighted by atomic mass is 32.2. The predicted octanol–water partition coefficient (Wildman–Crippen LogP) is 4.49. The van der Waals surface area contributed by atoms with E-state index in [0.29, 0.717) is 15.6 Å². The van der Waals surface area contributed by atoms with Crippen LogP contribution in [0.2, 0.25) is 0 Å². The molecule has 4 nitrogen and oxygen atoms in total. The molecule has 1 aliphatic rings. The highest BCUT2D eigenvalue weighted by Gasteiger charge is 2.32. The molecule has 2 aromatic carbocycles. The Morgan fingerprint density at radius 1 is 1.08 bits per heavy atom. The minimum absolute atomic E-state index is 0.0912. The van der Waals surface area contributed by atoms with Gasteiger partial charge in [-0.1, -0.05) is 60.3 Å². The fourth-order valence-corrected chi connectivity index (χ4v) is 3.25. The summed E-state index contributed by atoms with van der Waals surface area (Å²) in [6, 6.07) is 18.9. The topological polar surface area (TPSA) is 58.9 Å². The van der Waals surface area contributed by atoms with E-state index in [4.69, 9.17) is 4.74 Å². The lowest BCUT2D eigenvalue weighted by Gasteiger charge is -2.01. The molecule has 0 spiro atoms. The van der Waals surface area contributed by atoms with Crippen molar-refractivity contribution in [1.29, 1.82) is 0 Å². The van der Waals surface area contributed by atoms with Crippen molar-refractivity contribution in [2.45, 2.75) is 0 Å². The minimum atomic E-state index is -0.605. The van der Waals surface area contributed by atoms with E-state index in [1.807, 2.05) is 66.7 Å². The van der Waals surface area contributed by atoms with E-state index in [1.54, 1.807) is 0 Å². The van der Waals surface area contributed by atoms with Crippen molar-refractivity contribution >= 4 is 34.5 Å². The molecule has 0 fully saturated rings. The van der Waals surface area contributed by atoms with Crippen LogP contribution in [0.15, 0.2) is 81.9 Å². The molecule has 2 aromatic rings. The Bertz CT molecular complexity index is 839. The Morgan fingerprint density at radius 2 is 1.71 bits per heavy atom. The zero-order chi connectivity index (χ0) is 16.9. The van der Waals surface area contributed by atoms with Gasteiger partial charge in [0, 0.05) is 0 Å². The van der Waals surface area contributed by atoms with Crippen LogP contribution in [0.5, 0.6) is 0 Å². The van der Waals surface area contributed by atoms with E-state index in [-0.39, 0.29) is 11.3 Å². The average molecular weight is 337 g/mol. The van der Waals surface area contributed by atoms with Gasteiger partial charge in [-0.3, -0.25) is 0 Å². The van der Waals surface area contributed by atoms with E-state index >= 15 is 0 Å². The van der Waals surface area contributed by atoms with Gasteiger partial charge in [0.1, 0.15) is 16.4 Å². The lowest BCUT2D eigenvalue weighted by Crippen LogP contribution is -2.10. The van der Waals surface area contributed by atoms with Crippen LogP contribution in [0.1, 0.15) is 5.56 Å². The van der Waals surface area contributed by atoms with Crippen LogP contribution in [-0.4, -0.2) is 23.2 Å². The van der Waals surface area contributed by atoms with Gasteiger partial charge in [0.15, 0.2) is 0 Å². The van der Waals surface area contributed by atoms with Gasteiger partial charge in [0.25, 0.3) is 0 Å². The third-order valence-corrected chi connectivity index (χ3v) is 4.38. The van der Waals surface area contributed by atoms with E-state index < -0.39 is 5.97 Å². The lowest BCUT2D eigenvalue weighted by atomic mass is 10.1. The maximum atomic E-state index is 12.1. The minimum Gasteiger partial charge on any atom is -0.506 e. The molecule has 0 unspecified atom stereocenters. The summed E-state index contributed by atoms with van der Waals surface area (Å²) in [7, 11) is 1.28. The Labute approximate surface area is 144 Å². The number of rotatable bonds is 3. The molecule has 5 heteroatoms. The zero-order valence-corrected chi connectivity index (χ0v) is 13.8. The molecular weight excluding hydrogens is 322 g/mol. The number of esters is 1. The van der Waals surface area contributed by atoms with Crippen molar-refractivity contribution in [3.05, 3.63) is 82.5 Å². The number of ether oxygens (including phenoxy) is 1. The highest BCUT2D eigenvalue weighted by Crippen LogP contribution is 2.40. The summed E-state index contributed by atoms with van der Waals surface area (Å²) in [4.78, 5) is 17.1. The summed E-state index contributed by atoms with van der Waals surface area (Å²) >= 11 is 1.25. The summed E-state index contributed by atoms with van der Waals surface area (Å²) in [5.74, 6) is -0.712. The molecule has 0 radical (unpaired) electrons. The lowest BCUT2D eigenvalue weighted by molar-refractivity contribution is -0.135. The van der Waals surface area contributed by atoms with Gasteiger partial charge in [-0.2, -0.15) is 0 Å². The number of carbonyl (C=O) groups excluding carboxylic acids is 1. The molecule has 3 rings (SSSR count). The Hall–Kier alpha value is -2.79. The number of hydrogen-bond acceptors (Lipinski definition) is 5. The van der Waals surface area contributed by atoms with Crippen LogP contribution < -0.4 is 0 Å². The van der Waals surface area contributed by atoms with Gasteiger partial charge < -0.3 is 9.84 Å². The molecule has 24 heavy (non-hydrogen) atoms. The summed E-state index contributed by atoms with van der Waals surface area (Å²) < 4.78 is 4.79. The fraction of sp³-hybridized carbons (Fsp3) is 0.0526. The van der Waals surface area contributed by atoms with Gasteiger partial charge in [0.05, 0.1) is 17.7 Å². The van der Waals surface area contributed by atoms with Gasteiger partial charge in [-0.25, -0.2) is 9.79 Å². The molecule has 0 aliphatic carbocycles. The van der Waals surface area contributed by atoms with E-state index in [1.165, 1.54) is 18.9 Å². The first-order chi connectivity index (χ1) is 11.7. The molecule has 1 N–H and O–H groups in total. The number of para-hydroxylation sites is 1. The number of aliphatic hydroxyl groups is 1. The maximum absolute atomic E-state index is 12.1. The van der Waals surface area contributed by atoms with Crippen molar-refractivity contribution in [1.82, 2.24) is 0 Å².